The zero-order valence-corrected chi connectivity index (χ0v) is 14.8. The number of carbonyl (C=O) groups is 1. The summed E-state index contributed by atoms with van der Waals surface area (Å²) in [4.78, 5) is 12.3. The van der Waals surface area contributed by atoms with Crippen LogP contribution in [0.4, 0.5) is 5.69 Å². The van der Waals surface area contributed by atoms with E-state index in [2.05, 4.69) is 11.4 Å². The van der Waals surface area contributed by atoms with Gasteiger partial charge in [0, 0.05) is 5.69 Å². The van der Waals surface area contributed by atoms with Crippen molar-refractivity contribution >= 4 is 23.2 Å². The molecule has 3 nitrogen and oxygen atoms in total. The van der Waals surface area contributed by atoms with E-state index in [0.29, 0.717) is 22.0 Å². The van der Waals surface area contributed by atoms with E-state index in [9.17, 15) is 4.79 Å². The normalized spacial score (nSPS) is 10.4. The van der Waals surface area contributed by atoms with Gasteiger partial charge in [0.1, 0.15) is 11.5 Å². The maximum atomic E-state index is 12.3. The lowest BCUT2D eigenvalue weighted by molar-refractivity contribution is 0.102. The van der Waals surface area contributed by atoms with Gasteiger partial charge in [-0.2, -0.15) is 0 Å². The molecule has 0 saturated carbocycles. The minimum atomic E-state index is -0.242. The van der Waals surface area contributed by atoms with E-state index < -0.39 is 0 Å². The second kappa shape index (κ2) is 7.41. The first-order valence-electron chi connectivity index (χ1n) is 7.94. The van der Waals surface area contributed by atoms with E-state index in [-0.39, 0.29) is 5.91 Å². The lowest BCUT2D eigenvalue weighted by Gasteiger charge is -2.11. The topological polar surface area (TPSA) is 38.3 Å². The Balaban J connectivity index is 1.71. The first-order valence-corrected chi connectivity index (χ1v) is 8.32. The maximum absolute atomic E-state index is 12.3. The third-order valence-corrected chi connectivity index (χ3v) is 4.13. The molecule has 3 aromatic rings. The lowest BCUT2D eigenvalue weighted by Crippen LogP contribution is -2.12. The molecule has 0 aliphatic carbocycles. The molecule has 0 heterocycles. The van der Waals surface area contributed by atoms with E-state index in [0.717, 1.165) is 16.9 Å². The second-order valence-electron chi connectivity index (χ2n) is 5.83. The third kappa shape index (κ3) is 4.20. The van der Waals surface area contributed by atoms with Gasteiger partial charge >= 0.3 is 0 Å². The molecule has 3 rings (SSSR count). The summed E-state index contributed by atoms with van der Waals surface area (Å²) >= 11 is 6.05. The first kappa shape index (κ1) is 17.1. The second-order valence-corrected chi connectivity index (χ2v) is 6.24. The van der Waals surface area contributed by atoms with Gasteiger partial charge in [-0.15, -0.1) is 0 Å². The SMILES string of the molecule is Cc1ccc(C)c(Oc2ccc(NC(=O)c3ccccc3Cl)cc2)c1. The van der Waals surface area contributed by atoms with Crippen LogP contribution in [0.5, 0.6) is 11.5 Å². The zero-order valence-electron chi connectivity index (χ0n) is 14.0. The van der Waals surface area contributed by atoms with E-state index in [1.165, 1.54) is 0 Å². The van der Waals surface area contributed by atoms with Crippen LogP contribution in [0.25, 0.3) is 0 Å². The molecule has 1 N–H and O–H groups in total. The molecule has 25 heavy (non-hydrogen) atoms. The minimum absolute atomic E-state index is 0.242. The Labute approximate surface area is 152 Å². The molecule has 0 saturated heterocycles. The third-order valence-electron chi connectivity index (χ3n) is 3.80. The molecule has 0 radical (unpaired) electrons. The standard InChI is InChI=1S/C21H18ClNO2/c1-14-7-8-15(2)20(13-14)25-17-11-9-16(10-12-17)23-21(24)18-5-3-4-6-19(18)22/h3-13H,1-2H3,(H,23,24). The summed E-state index contributed by atoms with van der Waals surface area (Å²) in [7, 11) is 0. The minimum Gasteiger partial charge on any atom is -0.457 e. The molecule has 3 aromatic carbocycles. The van der Waals surface area contributed by atoms with Crippen molar-refractivity contribution in [2.24, 2.45) is 0 Å². The summed E-state index contributed by atoms with van der Waals surface area (Å²) < 4.78 is 5.92. The highest BCUT2D eigenvalue weighted by atomic mass is 35.5. The van der Waals surface area contributed by atoms with Crippen molar-refractivity contribution in [2.45, 2.75) is 13.8 Å². The molecular formula is C21H18ClNO2. The number of hydrogen-bond donors (Lipinski definition) is 1. The Morgan fingerprint density at radius 1 is 0.960 bits per heavy atom. The van der Waals surface area contributed by atoms with Gasteiger partial charge in [0.2, 0.25) is 0 Å². The summed E-state index contributed by atoms with van der Waals surface area (Å²) in [5.41, 5.74) is 3.34. The number of aryl methyl sites for hydroxylation is 2. The molecule has 0 spiro atoms. The number of benzene rings is 3. The smallest absolute Gasteiger partial charge is 0.257 e. The molecule has 0 aliphatic heterocycles. The van der Waals surface area contributed by atoms with Crippen molar-refractivity contribution in [3.8, 4) is 11.5 Å². The van der Waals surface area contributed by atoms with Crippen molar-refractivity contribution in [2.75, 3.05) is 5.32 Å². The number of rotatable bonds is 4. The Morgan fingerprint density at radius 3 is 2.40 bits per heavy atom. The van der Waals surface area contributed by atoms with Crippen LogP contribution >= 0.6 is 11.6 Å². The van der Waals surface area contributed by atoms with Gasteiger partial charge < -0.3 is 10.1 Å². The number of carbonyl (C=O) groups excluding carboxylic acids is 1. The fourth-order valence-electron chi connectivity index (χ4n) is 2.39. The fourth-order valence-corrected chi connectivity index (χ4v) is 2.62. The molecule has 0 unspecified atom stereocenters. The predicted octanol–water partition coefficient (Wildman–Crippen LogP) is 6.00. The van der Waals surface area contributed by atoms with Crippen LogP contribution < -0.4 is 10.1 Å². The van der Waals surface area contributed by atoms with Crippen LogP contribution in [0.15, 0.2) is 66.7 Å². The van der Waals surface area contributed by atoms with E-state index in [1.807, 2.05) is 38.1 Å². The van der Waals surface area contributed by atoms with Crippen LogP contribution in [0.3, 0.4) is 0 Å². The van der Waals surface area contributed by atoms with Crippen LogP contribution in [0.1, 0.15) is 21.5 Å². The summed E-state index contributed by atoms with van der Waals surface area (Å²) in [5.74, 6) is 1.30. The van der Waals surface area contributed by atoms with Crippen molar-refractivity contribution in [3.63, 3.8) is 0 Å². The Hall–Kier alpha value is -2.78. The predicted molar refractivity (Wildman–Crippen MR) is 102 cm³/mol. The van der Waals surface area contributed by atoms with Crippen molar-refractivity contribution < 1.29 is 9.53 Å². The monoisotopic (exact) mass is 351 g/mol. The van der Waals surface area contributed by atoms with Gasteiger partial charge in [0.25, 0.3) is 5.91 Å². The molecule has 0 aliphatic rings. The van der Waals surface area contributed by atoms with Crippen molar-refractivity contribution in [1.29, 1.82) is 0 Å². The van der Waals surface area contributed by atoms with Gasteiger partial charge in [-0.3, -0.25) is 4.79 Å². The average molecular weight is 352 g/mol. The van der Waals surface area contributed by atoms with Gasteiger partial charge in [-0.05, 0) is 67.4 Å². The van der Waals surface area contributed by atoms with Crippen LogP contribution in [0.2, 0.25) is 5.02 Å². The molecule has 4 heteroatoms. The summed E-state index contributed by atoms with van der Waals surface area (Å²) in [5, 5.41) is 3.26. The van der Waals surface area contributed by atoms with Crippen LogP contribution in [-0.4, -0.2) is 5.91 Å². The summed E-state index contributed by atoms with van der Waals surface area (Å²) in [6.07, 6.45) is 0. The highest BCUT2D eigenvalue weighted by Crippen LogP contribution is 2.27. The lowest BCUT2D eigenvalue weighted by atomic mass is 10.1. The van der Waals surface area contributed by atoms with Gasteiger partial charge in [-0.25, -0.2) is 0 Å². The summed E-state index contributed by atoms with van der Waals surface area (Å²) in [6.45, 7) is 4.03. The average Bonchev–Trinajstić information content (AvgIpc) is 2.60. The van der Waals surface area contributed by atoms with Gasteiger partial charge in [0.05, 0.1) is 10.6 Å². The number of ether oxygens (including phenoxy) is 1. The van der Waals surface area contributed by atoms with Crippen molar-refractivity contribution in [3.05, 3.63) is 88.4 Å². The van der Waals surface area contributed by atoms with Crippen LogP contribution in [-0.2, 0) is 0 Å². The first-order chi connectivity index (χ1) is 12.0. The number of anilines is 1. The maximum Gasteiger partial charge on any atom is 0.257 e. The molecule has 0 atom stereocenters. The van der Waals surface area contributed by atoms with E-state index in [4.69, 9.17) is 16.3 Å². The number of hydrogen-bond acceptors (Lipinski definition) is 2. The molecule has 0 aromatic heterocycles. The molecular weight excluding hydrogens is 334 g/mol. The van der Waals surface area contributed by atoms with Crippen LogP contribution in [0, 0.1) is 13.8 Å². The number of nitrogens with one attached hydrogen (secondary N) is 1. The number of amides is 1. The largest absolute Gasteiger partial charge is 0.457 e. The highest BCUT2D eigenvalue weighted by Gasteiger charge is 2.10. The fraction of sp³-hybridized carbons (Fsp3) is 0.0952. The Bertz CT molecular complexity index is 904. The Morgan fingerprint density at radius 2 is 1.68 bits per heavy atom. The highest BCUT2D eigenvalue weighted by molar-refractivity contribution is 6.34. The van der Waals surface area contributed by atoms with Gasteiger partial charge in [0.15, 0.2) is 0 Å². The Kier molecular flexibility index (Phi) is 5.05. The zero-order chi connectivity index (χ0) is 17.8. The number of halogens is 1. The molecule has 126 valence electrons. The van der Waals surface area contributed by atoms with E-state index >= 15 is 0 Å². The molecule has 0 bridgehead atoms. The molecule has 0 fully saturated rings. The summed E-state index contributed by atoms with van der Waals surface area (Å²) in [6, 6.07) is 20.3. The van der Waals surface area contributed by atoms with E-state index in [1.54, 1.807) is 36.4 Å². The quantitative estimate of drug-likeness (QED) is 0.625. The van der Waals surface area contributed by atoms with Crippen molar-refractivity contribution in [1.82, 2.24) is 0 Å². The molecule has 1 amide bonds. The van der Waals surface area contributed by atoms with Gasteiger partial charge in [-0.1, -0.05) is 35.9 Å².